The van der Waals surface area contributed by atoms with Gasteiger partial charge in [-0.1, -0.05) is 19.9 Å². The van der Waals surface area contributed by atoms with Crippen LogP contribution in [0.4, 0.5) is 24.8 Å². The average Bonchev–Trinajstić information content (AvgIpc) is 3.32. The van der Waals surface area contributed by atoms with Crippen LogP contribution in [0, 0.1) is 24.7 Å². The van der Waals surface area contributed by atoms with Crippen LogP contribution in [0.2, 0.25) is 0 Å². The summed E-state index contributed by atoms with van der Waals surface area (Å²) >= 11 is 1.36. The number of benzene rings is 1. The van der Waals surface area contributed by atoms with E-state index in [2.05, 4.69) is 20.3 Å². The van der Waals surface area contributed by atoms with Crippen molar-refractivity contribution in [3.63, 3.8) is 0 Å². The van der Waals surface area contributed by atoms with Crippen LogP contribution < -0.4 is 5.32 Å². The summed E-state index contributed by atoms with van der Waals surface area (Å²) in [7, 11) is 0. The Hall–Kier alpha value is -3.05. The van der Waals surface area contributed by atoms with Crippen LogP contribution in [0.1, 0.15) is 49.9 Å². The Morgan fingerprint density at radius 1 is 1.27 bits per heavy atom. The van der Waals surface area contributed by atoms with Crippen LogP contribution in [0.15, 0.2) is 36.7 Å². The number of nitrogens with zero attached hydrogens (tertiary/aromatic N) is 3. The number of carbonyl (C=O) groups is 1. The molecule has 0 amide bonds. The van der Waals surface area contributed by atoms with Crippen molar-refractivity contribution in [1.82, 2.24) is 15.0 Å². The van der Waals surface area contributed by atoms with Gasteiger partial charge in [0.15, 0.2) is 0 Å². The topological polar surface area (TPSA) is 97.2 Å². The number of aliphatic hydroxyl groups is 1. The number of esters is 1. The van der Waals surface area contributed by atoms with Crippen molar-refractivity contribution in [2.45, 2.75) is 52.3 Å². The second-order valence-electron chi connectivity index (χ2n) is 9.61. The van der Waals surface area contributed by atoms with Crippen molar-refractivity contribution in [2.75, 3.05) is 11.9 Å². The van der Waals surface area contributed by atoms with Crippen LogP contribution >= 0.6 is 11.3 Å². The summed E-state index contributed by atoms with van der Waals surface area (Å²) in [5, 5.41) is 15.1. The van der Waals surface area contributed by atoms with Gasteiger partial charge in [-0.05, 0) is 67.9 Å². The first kappa shape index (κ1) is 27.0. The highest BCUT2D eigenvalue weighted by atomic mass is 32.1. The van der Waals surface area contributed by atoms with Gasteiger partial charge in [0.2, 0.25) is 5.95 Å². The zero-order valence-electron chi connectivity index (χ0n) is 21.0. The molecule has 4 atom stereocenters. The lowest BCUT2D eigenvalue weighted by Crippen LogP contribution is -2.45. The van der Waals surface area contributed by atoms with Crippen molar-refractivity contribution in [1.29, 1.82) is 0 Å². The largest absolute Gasteiger partial charge is 0.466 e. The molecule has 0 saturated heterocycles. The van der Waals surface area contributed by atoms with Gasteiger partial charge in [-0.25, -0.2) is 15.0 Å². The van der Waals surface area contributed by atoms with Crippen LogP contribution in [0.5, 0.6) is 0 Å². The summed E-state index contributed by atoms with van der Waals surface area (Å²) in [4.78, 5) is 25.2. The van der Waals surface area contributed by atoms with Crippen LogP contribution in [-0.2, 0) is 21.3 Å². The zero-order chi connectivity index (χ0) is 27.0. The van der Waals surface area contributed by atoms with E-state index in [1.54, 1.807) is 25.3 Å². The van der Waals surface area contributed by atoms with Gasteiger partial charge in [0, 0.05) is 18.1 Å². The Labute approximate surface area is 217 Å². The number of carbonyl (C=O) groups excluding carboxylic acids is 1. The van der Waals surface area contributed by atoms with Crippen molar-refractivity contribution >= 4 is 28.9 Å². The molecule has 4 rings (SSSR count). The van der Waals surface area contributed by atoms with E-state index in [-0.39, 0.29) is 29.7 Å². The Bertz CT molecular complexity index is 1280. The Kier molecular flexibility index (Phi) is 7.57. The lowest BCUT2D eigenvalue weighted by atomic mass is 9.67. The highest BCUT2D eigenvalue weighted by Gasteiger charge is 2.48. The molecule has 2 heterocycles. The summed E-state index contributed by atoms with van der Waals surface area (Å²) in [6.07, 6.45) is -0.935. The number of alkyl halides is 3. The fourth-order valence-corrected chi connectivity index (χ4v) is 5.95. The van der Waals surface area contributed by atoms with Gasteiger partial charge in [-0.3, -0.25) is 4.79 Å². The minimum atomic E-state index is -4.57. The maximum atomic E-state index is 13.0. The van der Waals surface area contributed by atoms with E-state index >= 15 is 0 Å². The highest BCUT2D eigenvalue weighted by molar-refractivity contribution is 7.15. The Morgan fingerprint density at radius 2 is 2.03 bits per heavy atom. The van der Waals surface area contributed by atoms with E-state index < -0.39 is 17.5 Å². The minimum Gasteiger partial charge on any atom is -0.466 e. The van der Waals surface area contributed by atoms with Gasteiger partial charge >= 0.3 is 12.1 Å². The fraction of sp³-hybridized carbons (Fsp3) is 0.462. The third kappa shape index (κ3) is 5.77. The van der Waals surface area contributed by atoms with Crippen LogP contribution in [0.25, 0.3) is 10.4 Å². The molecule has 0 spiro atoms. The van der Waals surface area contributed by atoms with Crippen molar-refractivity contribution in [3.05, 3.63) is 52.9 Å². The lowest BCUT2D eigenvalue weighted by molar-refractivity contribution is -0.158. The molecule has 11 heteroatoms. The minimum absolute atomic E-state index is 0.0742. The smallest absolute Gasteiger partial charge is 0.433 e. The number of hydrogen-bond donors (Lipinski definition) is 2. The number of hydrogen-bond acceptors (Lipinski definition) is 8. The van der Waals surface area contributed by atoms with E-state index in [4.69, 9.17) is 4.74 Å². The SMILES string of the molecule is CCOC(=O)[C@@H]1C[C@@H](C)[C@@](O)(c2ncc(-c3cc(C)cc(Nc4nccc(C(F)(F)F)n4)c3)s2)C[C@@H]1C. The number of halogens is 3. The molecule has 2 N–H and O–H groups in total. The monoisotopic (exact) mass is 534 g/mol. The first-order valence-electron chi connectivity index (χ1n) is 12.1. The molecule has 1 fully saturated rings. The Morgan fingerprint density at radius 3 is 2.73 bits per heavy atom. The van der Waals surface area contributed by atoms with Crippen molar-refractivity contribution in [2.24, 2.45) is 17.8 Å². The van der Waals surface area contributed by atoms with Gasteiger partial charge in [-0.15, -0.1) is 11.3 Å². The molecule has 0 aliphatic heterocycles. The summed E-state index contributed by atoms with van der Waals surface area (Å²) < 4.78 is 44.3. The molecule has 7 nitrogen and oxygen atoms in total. The first-order chi connectivity index (χ1) is 17.4. The molecule has 1 aliphatic carbocycles. The molecule has 0 bridgehead atoms. The van der Waals surface area contributed by atoms with E-state index in [0.29, 0.717) is 30.1 Å². The molecule has 1 aliphatic rings. The molecule has 2 aromatic heterocycles. The molecular formula is C26H29F3N4O3S. The summed E-state index contributed by atoms with van der Waals surface area (Å²) in [6, 6.07) is 6.31. The number of anilines is 2. The fourth-order valence-electron chi connectivity index (χ4n) is 4.83. The highest BCUT2D eigenvalue weighted by Crippen LogP contribution is 2.48. The number of rotatable bonds is 6. The van der Waals surface area contributed by atoms with Crippen LogP contribution in [-0.4, -0.2) is 32.6 Å². The third-order valence-electron chi connectivity index (χ3n) is 6.77. The number of aromatic nitrogens is 3. The normalized spacial score (nSPS) is 24.1. The number of aryl methyl sites for hydroxylation is 1. The molecule has 0 radical (unpaired) electrons. The predicted molar refractivity (Wildman–Crippen MR) is 134 cm³/mol. The molecule has 198 valence electrons. The van der Waals surface area contributed by atoms with E-state index in [0.717, 1.165) is 28.3 Å². The van der Waals surface area contributed by atoms with E-state index in [1.807, 2.05) is 26.8 Å². The summed E-state index contributed by atoms with van der Waals surface area (Å²) in [6.45, 7) is 7.84. The zero-order valence-corrected chi connectivity index (χ0v) is 21.8. The summed E-state index contributed by atoms with van der Waals surface area (Å²) in [5.74, 6) is -0.932. The van der Waals surface area contributed by atoms with Gasteiger partial charge < -0.3 is 15.2 Å². The molecule has 37 heavy (non-hydrogen) atoms. The molecule has 1 aromatic carbocycles. The standard InChI is InChI=1S/C26H29F3N4O3S/c1-5-36-22(34)19-10-16(4)25(35,12-15(19)3)23-31-13-20(37-23)17-8-14(2)9-18(11-17)32-24-30-7-6-21(33-24)26(27,28)29/h6-9,11,13,15-16,19,35H,5,10,12H2,1-4H3,(H,30,32,33)/t15-,16+,19+,25+/m0/s1. The second-order valence-corrected chi connectivity index (χ2v) is 10.6. The third-order valence-corrected chi connectivity index (χ3v) is 7.99. The first-order valence-corrected chi connectivity index (χ1v) is 12.9. The number of thiazole rings is 1. The summed E-state index contributed by atoms with van der Waals surface area (Å²) in [5.41, 5.74) is -0.0123. The average molecular weight is 535 g/mol. The molecular weight excluding hydrogens is 505 g/mol. The van der Waals surface area contributed by atoms with Gasteiger partial charge in [0.1, 0.15) is 16.3 Å². The number of nitrogens with one attached hydrogen (secondary N) is 1. The lowest BCUT2D eigenvalue weighted by Gasteiger charge is -2.42. The van der Waals surface area contributed by atoms with Crippen molar-refractivity contribution < 1.29 is 27.8 Å². The van der Waals surface area contributed by atoms with Gasteiger partial charge in [0.25, 0.3) is 0 Å². The Balaban J connectivity index is 1.57. The maximum absolute atomic E-state index is 13.0. The quantitative estimate of drug-likeness (QED) is 0.369. The van der Waals surface area contributed by atoms with E-state index in [1.165, 1.54) is 11.3 Å². The van der Waals surface area contributed by atoms with Crippen molar-refractivity contribution in [3.8, 4) is 10.4 Å². The maximum Gasteiger partial charge on any atom is 0.433 e. The van der Waals surface area contributed by atoms with Gasteiger partial charge in [0.05, 0.1) is 17.4 Å². The predicted octanol–water partition coefficient (Wildman–Crippen LogP) is 6.10. The van der Waals surface area contributed by atoms with Crippen LogP contribution in [0.3, 0.4) is 0 Å². The number of ether oxygens (including phenoxy) is 1. The second kappa shape index (κ2) is 10.4. The molecule has 3 aromatic rings. The molecule has 1 saturated carbocycles. The molecule has 0 unspecified atom stereocenters. The van der Waals surface area contributed by atoms with Gasteiger partial charge in [-0.2, -0.15) is 13.2 Å². The van der Waals surface area contributed by atoms with E-state index in [9.17, 15) is 23.1 Å².